The van der Waals surface area contributed by atoms with Crippen LogP contribution in [0.15, 0.2) is 24.3 Å². The molecule has 0 bridgehead atoms. The number of rotatable bonds is 6. The molecule has 0 atom stereocenters. The molecule has 2 heterocycles. The van der Waals surface area contributed by atoms with Crippen LogP contribution in [0.25, 0.3) is 0 Å². The molecule has 2 aliphatic rings. The number of carbonyl (C=O) groups is 1. The van der Waals surface area contributed by atoms with E-state index in [1.165, 1.54) is 28.0 Å². The summed E-state index contributed by atoms with van der Waals surface area (Å²) >= 11 is 1.60. The van der Waals surface area contributed by atoms with Crippen molar-refractivity contribution in [2.24, 2.45) is 0 Å². The summed E-state index contributed by atoms with van der Waals surface area (Å²) in [6, 6.07) is 11.0. The highest BCUT2D eigenvalue weighted by molar-refractivity contribution is 7.16. The summed E-state index contributed by atoms with van der Waals surface area (Å²) < 4.78 is 0. The van der Waals surface area contributed by atoms with Crippen LogP contribution in [0.2, 0.25) is 0 Å². The van der Waals surface area contributed by atoms with Gasteiger partial charge in [0.1, 0.15) is 11.1 Å². The highest BCUT2D eigenvalue weighted by Crippen LogP contribution is 2.37. The van der Waals surface area contributed by atoms with Gasteiger partial charge in [-0.3, -0.25) is 9.69 Å². The molecule has 1 fully saturated rings. The molecule has 0 saturated carbocycles. The number of nitriles is 1. The van der Waals surface area contributed by atoms with E-state index < -0.39 is 0 Å². The fourth-order valence-corrected chi connectivity index (χ4v) is 5.72. The smallest absolute Gasteiger partial charge is 0.226 e. The van der Waals surface area contributed by atoms with E-state index in [-0.39, 0.29) is 5.91 Å². The fourth-order valence-electron chi connectivity index (χ4n) is 4.46. The third-order valence-corrected chi connectivity index (χ3v) is 7.35. The molecule has 1 aliphatic carbocycles. The van der Waals surface area contributed by atoms with Gasteiger partial charge in [0.05, 0.1) is 5.56 Å². The number of nitrogens with one attached hydrogen (secondary N) is 1. The Morgan fingerprint density at radius 2 is 1.93 bits per heavy atom. The second-order valence-corrected chi connectivity index (χ2v) is 9.54. The van der Waals surface area contributed by atoms with Gasteiger partial charge in [0, 0.05) is 50.6 Å². The number of piperazine rings is 1. The summed E-state index contributed by atoms with van der Waals surface area (Å²) in [6.07, 6.45) is 4.81. The lowest BCUT2D eigenvalue weighted by Crippen LogP contribution is -2.46. The van der Waals surface area contributed by atoms with E-state index in [1.807, 2.05) is 0 Å². The van der Waals surface area contributed by atoms with E-state index in [0.29, 0.717) is 12.0 Å². The first kappa shape index (κ1) is 21.0. The highest BCUT2D eigenvalue weighted by Gasteiger charge is 2.22. The maximum atomic E-state index is 12.5. The molecule has 0 unspecified atom stereocenters. The zero-order valence-corrected chi connectivity index (χ0v) is 18.6. The van der Waals surface area contributed by atoms with Crippen molar-refractivity contribution in [1.29, 1.82) is 5.26 Å². The van der Waals surface area contributed by atoms with E-state index in [1.54, 1.807) is 11.3 Å². The molecule has 1 amide bonds. The largest absolute Gasteiger partial charge is 0.317 e. The van der Waals surface area contributed by atoms with Gasteiger partial charge >= 0.3 is 0 Å². The van der Waals surface area contributed by atoms with Crippen molar-refractivity contribution >= 4 is 22.2 Å². The Bertz CT molecular complexity index is 937. The number of carbonyl (C=O) groups excluding carboxylic acids is 1. The Morgan fingerprint density at radius 1 is 1.17 bits per heavy atom. The van der Waals surface area contributed by atoms with Crippen LogP contribution in [0.4, 0.5) is 5.00 Å². The topological polar surface area (TPSA) is 59.4 Å². The molecule has 1 saturated heterocycles. The molecular formula is C24H30N4OS. The third kappa shape index (κ3) is 5.10. The zero-order valence-electron chi connectivity index (χ0n) is 17.7. The van der Waals surface area contributed by atoms with Crippen LogP contribution < -0.4 is 5.32 Å². The second kappa shape index (κ2) is 9.74. The van der Waals surface area contributed by atoms with Gasteiger partial charge in [-0.2, -0.15) is 5.26 Å². The molecule has 1 N–H and O–H groups in total. The number of amides is 1. The maximum absolute atomic E-state index is 12.5. The molecule has 2 aromatic rings. The van der Waals surface area contributed by atoms with Crippen molar-refractivity contribution in [2.45, 2.75) is 45.6 Å². The lowest BCUT2D eigenvalue weighted by molar-refractivity contribution is -0.116. The Kier molecular flexibility index (Phi) is 6.83. The number of thiophene rings is 1. The summed E-state index contributed by atoms with van der Waals surface area (Å²) in [5.74, 6) is 0.0206. The van der Waals surface area contributed by atoms with E-state index in [9.17, 15) is 10.1 Å². The van der Waals surface area contributed by atoms with Crippen LogP contribution in [-0.4, -0.2) is 48.4 Å². The van der Waals surface area contributed by atoms with Gasteiger partial charge in [0.2, 0.25) is 5.91 Å². The average Bonchev–Trinajstić information content (AvgIpc) is 3.10. The molecule has 5 nitrogen and oxygen atoms in total. The van der Waals surface area contributed by atoms with Crippen molar-refractivity contribution in [3.8, 4) is 6.07 Å². The van der Waals surface area contributed by atoms with Gasteiger partial charge in [-0.25, -0.2) is 0 Å². The number of aryl methyl sites for hydroxylation is 2. The molecule has 1 aliphatic heterocycles. The molecule has 1 aromatic carbocycles. The van der Waals surface area contributed by atoms with Crippen LogP contribution in [0, 0.1) is 18.3 Å². The predicted molar refractivity (Wildman–Crippen MR) is 122 cm³/mol. The van der Waals surface area contributed by atoms with Crippen LogP contribution in [0.1, 0.15) is 46.4 Å². The first-order chi connectivity index (χ1) is 14.6. The first-order valence-electron chi connectivity index (χ1n) is 11.0. The van der Waals surface area contributed by atoms with E-state index in [2.05, 4.69) is 52.4 Å². The minimum absolute atomic E-state index is 0.0206. The second-order valence-electron chi connectivity index (χ2n) is 8.43. The van der Waals surface area contributed by atoms with Crippen molar-refractivity contribution < 1.29 is 4.79 Å². The Labute approximate surface area is 183 Å². The van der Waals surface area contributed by atoms with E-state index in [4.69, 9.17) is 0 Å². The summed E-state index contributed by atoms with van der Waals surface area (Å²) in [6.45, 7) is 7.97. The van der Waals surface area contributed by atoms with E-state index in [0.717, 1.165) is 63.5 Å². The summed E-state index contributed by atoms with van der Waals surface area (Å²) in [4.78, 5) is 18.7. The molecule has 158 valence electrons. The number of fused-ring (bicyclic) bond motifs is 1. The summed E-state index contributed by atoms with van der Waals surface area (Å²) in [7, 11) is 0. The molecule has 0 spiro atoms. The Hall–Kier alpha value is -2.20. The molecule has 30 heavy (non-hydrogen) atoms. The van der Waals surface area contributed by atoms with Crippen LogP contribution in [-0.2, 0) is 24.2 Å². The summed E-state index contributed by atoms with van der Waals surface area (Å²) in [5, 5.41) is 13.3. The van der Waals surface area contributed by atoms with E-state index >= 15 is 0 Å². The van der Waals surface area contributed by atoms with Gasteiger partial charge < -0.3 is 10.2 Å². The van der Waals surface area contributed by atoms with Gasteiger partial charge in [0.25, 0.3) is 0 Å². The lowest BCUT2D eigenvalue weighted by atomic mass is 9.96. The number of hydrogen-bond acceptors (Lipinski definition) is 5. The number of hydrogen-bond donors (Lipinski definition) is 1. The lowest BCUT2D eigenvalue weighted by Gasteiger charge is -2.34. The van der Waals surface area contributed by atoms with Gasteiger partial charge in [-0.15, -0.1) is 11.3 Å². The Morgan fingerprint density at radius 3 is 2.70 bits per heavy atom. The molecule has 4 rings (SSSR count). The van der Waals surface area contributed by atoms with Gasteiger partial charge in [0.15, 0.2) is 0 Å². The normalized spacial score (nSPS) is 17.3. The number of nitrogens with zero attached hydrogens (tertiary/aromatic N) is 3. The quantitative estimate of drug-likeness (QED) is 0.766. The highest BCUT2D eigenvalue weighted by atomic mass is 32.1. The number of benzene rings is 1. The van der Waals surface area contributed by atoms with Crippen molar-refractivity contribution in [3.05, 3.63) is 51.4 Å². The molecule has 1 aromatic heterocycles. The predicted octanol–water partition coefficient (Wildman–Crippen LogP) is 3.95. The molecular weight excluding hydrogens is 392 g/mol. The van der Waals surface area contributed by atoms with Crippen LogP contribution >= 0.6 is 11.3 Å². The van der Waals surface area contributed by atoms with Crippen LogP contribution in [0.3, 0.4) is 0 Å². The minimum atomic E-state index is 0.0206. The standard InChI is InChI=1S/C24H30N4OS/c1-18-5-4-6-19(15-18)17-28-13-11-27(12-14-28)10-9-23(29)26-24-21(16-25)20-7-2-3-8-22(20)30-24/h4-6,15H,2-3,7-14,17H2,1H3,(H,26,29). The monoisotopic (exact) mass is 422 g/mol. The molecule has 6 heteroatoms. The third-order valence-electron chi connectivity index (χ3n) is 6.14. The fraction of sp³-hybridized carbons (Fsp3) is 0.500. The molecule has 0 radical (unpaired) electrons. The van der Waals surface area contributed by atoms with Crippen molar-refractivity contribution in [1.82, 2.24) is 9.80 Å². The zero-order chi connectivity index (χ0) is 20.9. The summed E-state index contributed by atoms with van der Waals surface area (Å²) in [5.41, 5.74) is 4.56. The van der Waals surface area contributed by atoms with Crippen LogP contribution in [0.5, 0.6) is 0 Å². The van der Waals surface area contributed by atoms with Crippen molar-refractivity contribution in [3.63, 3.8) is 0 Å². The maximum Gasteiger partial charge on any atom is 0.226 e. The first-order valence-corrected chi connectivity index (χ1v) is 11.8. The van der Waals surface area contributed by atoms with Gasteiger partial charge in [-0.1, -0.05) is 29.8 Å². The van der Waals surface area contributed by atoms with Crippen molar-refractivity contribution in [2.75, 3.05) is 38.0 Å². The Balaban J connectivity index is 1.23. The van der Waals surface area contributed by atoms with Gasteiger partial charge in [-0.05, 0) is 43.7 Å². The minimum Gasteiger partial charge on any atom is -0.317 e. The average molecular weight is 423 g/mol. The SMILES string of the molecule is Cc1cccc(CN2CCN(CCC(=O)Nc3sc4c(c3C#N)CCCC4)CC2)c1. The number of anilines is 1.